The molecule has 0 aliphatic carbocycles. The lowest BCUT2D eigenvalue weighted by atomic mass is 10.0. The van der Waals surface area contributed by atoms with E-state index in [4.69, 9.17) is 0 Å². The third-order valence-electron chi connectivity index (χ3n) is 3.93. The minimum Gasteiger partial charge on any atom is -0.376 e. The van der Waals surface area contributed by atoms with Gasteiger partial charge in [0, 0.05) is 23.5 Å². The van der Waals surface area contributed by atoms with Crippen LogP contribution in [0.2, 0.25) is 0 Å². The second-order valence-corrected chi connectivity index (χ2v) is 6.52. The van der Waals surface area contributed by atoms with Crippen molar-refractivity contribution in [1.29, 1.82) is 0 Å². The van der Waals surface area contributed by atoms with Crippen molar-refractivity contribution in [2.24, 2.45) is 0 Å². The van der Waals surface area contributed by atoms with E-state index in [0.717, 1.165) is 29.0 Å². The molecule has 3 N–H and O–H groups in total. The smallest absolute Gasteiger partial charge is 0.243 e. The minimum atomic E-state index is -0.112. The maximum absolute atomic E-state index is 12.3. The molecule has 0 heterocycles. The molecule has 0 atom stereocenters. The summed E-state index contributed by atoms with van der Waals surface area (Å²) in [6, 6.07) is 15.2. The predicted octanol–water partition coefficient (Wildman–Crippen LogP) is 4.60. The summed E-state index contributed by atoms with van der Waals surface area (Å²) in [6.07, 6.45) is 1.30. The van der Waals surface area contributed by atoms with Crippen LogP contribution in [0.1, 0.15) is 45.1 Å². The van der Waals surface area contributed by atoms with E-state index in [1.54, 1.807) is 0 Å². The van der Waals surface area contributed by atoms with Crippen LogP contribution in [0.3, 0.4) is 0 Å². The Kier molecular flexibility index (Phi) is 7.21. The zero-order chi connectivity index (χ0) is 18.9. The van der Waals surface area contributed by atoms with Gasteiger partial charge in [-0.15, -0.1) is 0 Å². The van der Waals surface area contributed by atoms with Gasteiger partial charge in [-0.3, -0.25) is 9.59 Å². The second-order valence-electron chi connectivity index (χ2n) is 6.52. The lowest BCUT2D eigenvalue weighted by Gasteiger charge is -2.14. The zero-order valence-electron chi connectivity index (χ0n) is 15.6. The number of para-hydroxylation sites is 1. The lowest BCUT2D eigenvalue weighted by molar-refractivity contribution is -0.116. The number of carbonyl (C=O) groups excluding carboxylic acids is 2. The summed E-state index contributed by atoms with van der Waals surface area (Å²) in [5.74, 6) is 0.217. The van der Waals surface area contributed by atoms with Crippen LogP contribution in [0.5, 0.6) is 0 Å². The Bertz CT molecular complexity index is 756. The van der Waals surface area contributed by atoms with Crippen LogP contribution in [0.25, 0.3) is 0 Å². The molecule has 0 aromatic heterocycles. The third kappa shape index (κ3) is 5.92. The maximum atomic E-state index is 12.3. The van der Waals surface area contributed by atoms with Gasteiger partial charge in [-0.25, -0.2) is 0 Å². The highest BCUT2D eigenvalue weighted by molar-refractivity contribution is 5.95. The molecular weight excluding hydrogens is 326 g/mol. The summed E-state index contributed by atoms with van der Waals surface area (Å²) in [7, 11) is 0. The van der Waals surface area contributed by atoms with Crippen LogP contribution < -0.4 is 16.0 Å². The number of rotatable bonds is 8. The number of benzene rings is 2. The number of amides is 2. The van der Waals surface area contributed by atoms with Crippen LogP contribution in [-0.4, -0.2) is 18.4 Å². The molecule has 5 heteroatoms. The Morgan fingerprint density at radius 3 is 2.38 bits per heavy atom. The molecule has 0 saturated heterocycles. The van der Waals surface area contributed by atoms with Crippen molar-refractivity contribution in [2.75, 3.05) is 22.5 Å². The van der Waals surface area contributed by atoms with Gasteiger partial charge >= 0.3 is 0 Å². The van der Waals surface area contributed by atoms with Crippen molar-refractivity contribution < 1.29 is 9.59 Å². The van der Waals surface area contributed by atoms with Gasteiger partial charge in [0.2, 0.25) is 11.8 Å². The van der Waals surface area contributed by atoms with Gasteiger partial charge < -0.3 is 16.0 Å². The summed E-state index contributed by atoms with van der Waals surface area (Å²) in [4.78, 5) is 23.9. The number of anilines is 3. The fourth-order valence-electron chi connectivity index (χ4n) is 2.65. The van der Waals surface area contributed by atoms with Gasteiger partial charge in [-0.05, 0) is 42.2 Å². The van der Waals surface area contributed by atoms with Crippen LogP contribution >= 0.6 is 0 Å². The normalized spacial score (nSPS) is 10.5. The molecule has 138 valence electrons. The largest absolute Gasteiger partial charge is 0.376 e. The first-order chi connectivity index (χ1) is 12.5. The fourth-order valence-corrected chi connectivity index (χ4v) is 2.65. The van der Waals surface area contributed by atoms with Gasteiger partial charge in [0.15, 0.2) is 0 Å². The van der Waals surface area contributed by atoms with E-state index < -0.39 is 0 Å². The number of hydrogen-bond acceptors (Lipinski definition) is 3. The molecule has 2 rings (SSSR count). The molecule has 0 saturated carbocycles. The first kappa shape index (κ1) is 19.5. The van der Waals surface area contributed by atoms with Gasteiger partial charge in [-0.2, -0.15) is 0 Å². The first-order valence-corrected chi connectivity index (χ1v) is 9.02. The molecular formula is C21H27N3O2. The summed E-state index contributed by atoms with van der Waals surface area (Å²) in [5.41, 5.74) is 3.46. The van der Waals surface area contributed by atoms with E-state index in [1.807, 2.05) is 55.5 Å². The minimum absolute atomic E-state index is 0.00677. The average Bonchev–Trinajstić information content (AvgIpc) is 2.61. The van der Waals surface area contributed by atoms with Crippen molar-refractivity contribution in [3.8, 4) is 0 Å². The standard InChI is InChI=1S/C21H27N3O2/c1-4-8-20(25)23-17-10-7-9-16(13-17)22-14-21(26)24-19-12-6-5-11-18(19)15(2)3/h5-7,9-13,15,22H,4,8,14H2,1-3H3,(H,23,25)(H,24,26). The topological polar surface area (TPSA) is 70.2 Å². The van der Waals surface area contributed by atoms with E-state index >= 15 is 0 Å². The SMILES string of the molecule is CCCC(=O)Nc1cccc(NCC(=O)Nc2ccccc2C(C)C)c1. The van der Waals surface area contributed by atoms with Crippen molar-refractivity contribution in [3.05, 3.63) is 54.1 Å². The van der Waals surface area contributed by atoms with E-state index in [1.165, 1.54) is 0 Å². The number of carbonyl (C=O) groups is 2. The predicted molar refractivity (Wildman–Crippen MR) is 108 cm³/mol. The highest BCUT2D eigenvalue weighted by Gasteiger charge is 2.09. The molecule has 0 aliphatic rings. The third-order valence-corrected chi connectivity index (χ3v) is 3.93. The highest BCUT2D eigenvalue weighted by Crippen LogP contribution is 2.23. The highest BCUT2D eigenvalue weighted by atomic mass is 16.2. The fraction of sp³-hybridized carbons (Fsp3) is 0.333. The molecule has 26 heavy (non-hydrogen) atoms. The van der Waals surface area contributed by atoms with E-state index in [9.17, 15) is 9.59 Å². The zero-order valence-corrected chi connectivity index (χ0v) is 15.6. The summed E-state index contributed by atoms with van der Waals surface area (Å²) in [6.45, 7) is 6.32. The monoisotopic (exact) mass is 353 g/mol. The Morgan fingerprint density at radius 1 is 0.923 bits per heavy atom. The molecule has 5 nitrogen and oxygen atoms in total. The van der Waals surface area contributed by atoms with E-state index in [-0.39, 0.29) is 18.4 Å². The summed E-state index contributed by atoms with van der Waals surface area (Å²) in [5, 5.41) is 8.90. The Hall–Kier alpha value is -2.82. The Balaban J connectivity index is 1.92. The van der Waals surface area contributed by atoms with Crippen molar-refractivity contribution >= 4 is 28.9 Å². The number of nitrogens with one attached hydrogen (secondary N) is 3. The van der Waals surface area contributed by atoms with E-state index in [0.29, 0.717) is 12.3 Å². The quantitative estimate of drug-likeness (QED) is 0.649. The van der Waals surface area contributed by atoms with Crippen molar-refractivity contribution in [2.45, 2.75) is 39.5 Å². The Labute approximate surface area is 155 Å². The average molecular weight is 353 g/mol. The first-order valence-electron chi connectivity index (χ1n) is 9.02. The van der Waals surface area contributed by atoms with E-state index in [2.05, 4.69) is 29.8 Å². The molecule has 0 bridgehead atoms. The molecule has 0 spiro atoms. The van der Waals surface area contributed by atoms with Gasteiger partial charge in [0.05, 0.1) is 6.54 Å². The van der Waals surface area contributed by atoms with Crippen LogP contribution in [0.4, 0.5) is 17.1 Å². The molecule has 2 amide bonds. The van der Waals surface area contributed by atoms with Crippen LogP contribution in [0, 0.1) is 0 Å². The van der Waals surface area contributed by atoms with Crippen molar-refractivity contribution in [3.63, 3.8) is 0 Å². The summed E-state index contributed by atoms with van der Waals surface area (Å²) < 4.78 is 0. The summed E-state index contributed by atoms with van der Waals surface area (Å²) >= 11 is 0. The molecule has 2 aromatic rings. The molecule has 0 aliphatic heterocycles. The van der Waals surface area contributed by atoms with Crippen LogP contribution in [-0.2, 0) is 9.59 Å². The second kappa shape index (κ2) is 9.61. The van der Waals surface area contributed by atoms with Gasteiger partial charge in [-0.1, -0.05) is 45.0 Å². The molecule has 2 aromatic carbocycles. The van der Waals surface area contributed by atoms with Crippen molar-refractivity contribution in [1.82, 2.24) is 0 Å². The molecule has 0 unspecified atom stereocenters. The van der Waals surface area contributed by atoms with Crippen LogP contribution in [0.15, 0.2) is 48.5 Å². The van der Waals surface area contributed by atoms with Gasteiger partial charge in [0.25, 0.3) is 0 Å². The van der Waals surface area contributed by atoms with Gasteiger partial charge in [0.1, 0.15) is 0 Å². The molecule has 0 radical (unpaired) electrons. The Morgan fingerprint density at radius 2 is 1.65 bits per heavy atom. The maximum Gasteiger partial charge on any atom is 0.243 e. The number of hydrogen-bond donors (Lipinski definition) is 3. The lowest BCUT2D eigenvalue weighted by Crippen LogP contribution is -2.22. The molecule has 0 fully saturated rings.